The Kier molecular flexibility index (Phi) is 24.8. The van der Waals surface area contributed by atoms with E-state index in [2.05, 4.69) is 73.0 Å². The van der Waals surface area contributed by atoms with Gasteiger partial charge in [0.15, 0.2) is 11.6 Å². The molecule has 34 heteroatoms. The first kappa shape index (κ1) is 72.1. The zero-order valence-electron chi connectivity index (χ0n) is 56.1. The highest BCUT2D eigenvalue weighted by atomic mass is 16.2. The van der Waals surface area contributed by atoms with Crippen molar-refractivity contribution in [2.75, 3.05) is 113 Å². The largest absolute Gasteiger partial charge is 0.356 e. The summed E-state index contributed by atoms with van der Waals surface area (Å²) < 4.78 is 10.6. The monoisotopic (exact) mass is 1330 g/mol. The van der Waals surface area contributed by atoms with Crippen molar-refractivity contribution in [3.8, 4) is 0 Å². The normalized spacial score (nSPS) is 11.0. The maximum atomic E-state index is 13.5. The minimum Gasteiger partial charge on any atom is -0.356 e. The van der Waals surface area contributed by atoms with Crippen molar-refractivity contribution < 1.29 is 47.9 Å². The van der Waals surface area contributed by atoms with Gasteiger partial charge < -0.3 is 106 Å². The summed E-state index contributed by atoms with van der Waals surface area (Å²) in [4.78, 5) is 150. The molecule has 0 fully saturated rings. The van der Waals surface area contributed by atoms with Crippen LogP contribution in [0.5, 0.6) is 0 Å². The molecular formula is C62H86N24O10. The first-order valence-electron chi connectivity index (χ1n) is 30.7. The van der Waals surface area contributed by atoms with Gasteiger partial charge in [0, 0.05) is 166 Å². The zero-order valence-corrected chi connectivity index (χ0v) is 56.1. The highest BCUT2D eigenvalue weighted by molar-refractivity contribution is 6.08. The summed E-state index contributed by atoms with van der Waals surface area (Å²) in [5.74, 6) is -3.78. The quantitative estimate of drug-likeness (QED) is 0.0168. The van der Waals surface area contributed by atoms with Crippen LogP contribution in [0.3, 0.4) is 0 Å². The Balaban J connectivity index is 0.782. The van der Waals surface area contributed by atoms with Crippen molar-refractivity contribution >= 4 is 105 Å². The lowest BCUT2D eigenvalue weighted by Gasteiger charge is -2.22. The highest BCUT2D eigenvalue weighted by Crippen LogP contribution is 2.23. The van der Waals surface area contributed by atoms with Gasteiger partial charge in [-0.05, 0) is 76.3 Å². The van der Waals surface area contributed by atoms with Crippen LogP contribution in [0.25, 0.3) is 0 Å². The molecule has 7 rings (SSSR count). The molecule has 0 saturated carbocycles. The number of aromatic nitrogens is 9. The van der Waals surface area contributed by atoms with E-state index in [-0.39, 0.29) is 109 Å². The van der Waals surface area contributed by atoms with Crippen LogP contribution in [0.4, 0.5) is 40.1 Å². The number of nitrogens with zero attached hydrogens (tertiary/aromatic N) is 13. The van der Waals surface area contributed by atoms with Gasteiger partial charge in [-0.15, -0.1) is 0 Å². The number of amides is 10. The van der Waals surface area contributed by atoms with Crippen LogP contribution in [-0.2, 0) is 63.7 Å². The molecule has 0 aliphatic rings. The summed E-state index contributed by atoms with van der Waals surface area (Å²) in [6.07, 6.45) is 12.8. The van der Waals surface area contributed by atoms with E-state index in [1.165, 1.54) is 65.7 Å². The van der Waals surface area contributed by atoms with E-state index < -0.39 is 47.3 Å². The van der Waals surface area contributed by atoms with Gasteiger partial charge in [0.2, 0.25) is 35.3 Å². The van der Waals surface area contributed by atoms with Crippen molar-refractivity contribution in [2.24, 2.45) is 60.1 Å². The second-order valence-corrected chi connectivity index (χ2v) is 23.3. The van der Waals surface area contributed by atoms with Gasteiger partial charge >= 0.3 is 0 Å². The zero-order chi connectivity index (χ0) is 70.1. The van der Waals surface area contributed by atoms with E-state index in [1.54, 1.807) is 89.3 Å². The van der Waals surface area contributed by atoms with E-state index in [0.717, 1.165) is 25.9 Å². The summed E-state index contributed by atoms with van der Waals surface area (Å²) in [6.45, 7) is 3.07. The summed E-state index contributed by atoms with van der Waals surface area (Å²) in [5, 5.41) is 27.4. The van der Waals surface area contributed by atoms with Crippen molar-refractivity contribution in [3.63, 3.8) is 0 Å². The van der Waals surface area contributed by atoms with Crippen molar-refractivity contribution in [2.45, 2.75) is 38.5 Å². The van der Waals surface area contributed by atoms with Gasteiger partial charge in [0.05, 0.1) is 28.4 Å². The lowest BCUT2D eigenvalue weighted by molar-refractivity contribution is -0.121. The number of hydrogen-bond donors (Lipinski definition) is 11. The van der Waals surface area contributed by atoms with Crippen LogP contribution in [0.1, 0.15) is 112 Å². The Labute approximate surface area is 554 Å². The molecule has 0 saturated heterocycles. The van der Waals surface area contributed by atoms with Gasteiger partial charge in [-0.1, -0.05) is 0 Å². The molecule has 514 valence electrons. The molecule has 0 radical (unpaired) electrons. The van der Waals surface area contributed by atoms with Crippen LogP contribution in [-0.4, -0.2) is 203 Å². The smallest absolute Gasteiger partial charge is 0.291 e. The minimum atomic E-state index is -0.610. The van der Waals surface area contributed by atoms with E-state index in [4.69, 9.17) is 5.73 Å². The molecule has 0 bridgehead atoms. The lowest BCUT2D eigenvalue weighted by atomic mass is 10.3. The number of hydrogen-bond acceptors (Lipinski definition) is 15. The lowest BCUT2D eigenvalue weighted by Crippen LogP contribution is -2.35. The van der Waals surface area contributed by atoms with Gasteiger partial charge in [0.1, 0.15) is 28.5 Å². The van der Waals surface area contributed by atoms with Gasteiger partial charge in [-0.3, -0.25) is 47.9 Å². The average molecular weight is 1330 g/mol. The number of imidazole rings is 2. The van der Waals surface area contributed by atoms with E-state index in [1.807, 2.05) is 45.0 Å². The SMILES string of the molecule is CN(CCCN)CCCNC(=O)CCNC(=O)c1cc(NC(=O)c2cc(NC(=O)CCNC(=O)c3cc(NC(=O)CCCNC(=O)c4nc(NC(=O)c5cc(NC(=O)c6nc(NC(=O)c7cc(N=C(N(C)C)N(C)C)cn7C)cn6C)cn5C)cn4C)cn3C)cn2C)cn1C. The van der Waals surface area contributed by atoms with Crippen molar-refractivity contribution in [1.82, 2.24) is 77.9 Å². The molecule has 0 spiro atoms. The fraction of sp³-hybridized carbons (Fsp3) is 0.403. The molecule has 0 aliphatic heterocycles. The topological polar surface area (TPSA) is 399 Å². The summed E-state index contributed by atoms with van der Waals surface area (Å²) in [6, 6.07) is 7.58. The number of nitrogens with one attached hydrogen (secondary N) is 10. The summed E-state index contributed by atoms with van der Waals surface area (Å²) in [5.41, 5.74) is 8.59. The molecule has 7 aromatic rings. The van der Waals surface area contributed by atoms with Gasteiger partial charge in [-0.2, -0.15) is 0 Å². The molecule has 7 aromatic heterocycles. The molecule has 7 heterocycles. The number of guanidine groups is 1. The minimum absolute atomic E-state index is 0.0121. The van der Waals surface area contributed by atoms with E-state index >= 15 is 0 Å². The molecule has 34 nitrogen and oxygen atoms in total. The fourth-order valence-electron chi connectivity index (χ4n) is 10.1. The first-order chi connectivity index (χ1) is 45.6. The molecule has 96 heavy (non-hydrogen) atoms. The molecule has 10 amide bonds. The second-order valence-electron chi connectivity index (χ2n) is 23.3. The van der Waals surface area contributed by atoms with Gasteiger partial charge in [-0.25, -0.2) is 15.0 Å². The molecule has 0 aliphatic carbocycles. The standard InChI is InChI=1S/C62H86N24O10/c1-77(2)62(78(3)4)72-42-30-47(84(10)35-42)59(94)76-49-37-86(12)54(74-49)61(96)71-41-29-46(83(9)34-41)58(93)75-48-36-85(11)53(73-48)60(95)65-20-13-16-51(88)68-38-26-43(80(6)31-38)55(90)67-23-18-52(89)69-39-27-45(82(8)32-39)57(92)70-40-28-44(81(7)33-40)56(91)66-22-17-50(87)64-21-15-25-79(5)24-14-19-63/h26-37H,13-25,63H2,1-12H3,(H,64,87)(H,65,95)(H,66,91)(H,67,90)(H,68,88)(H,69,89)(H,70,92)(H,71,96)(H,75,93)(H,76,94). The first-order valence-corrected chi connectivity index (χ1v) is 30.7. The Morgan fingerprint density at radius 1 is 0.396 bits per heavy atom. The van der Waals surface area contributed by atoms with E-state index in [0.29, 0.717) is 47.5 Å². The third-order valence-electron chi connectivity index (χ3n) is 14.9. The number of carbonyl (C=O) groups excluding carboxylic acids is 10. The molecular weight excluding hydrogens is 1240 g/mol. The second kappa shape index (κ2) is 33.0. The molecule has 0 atom stereocenters. The number of anilines is 6. The Hall–Kier alpha value is -11.3. The third-order valence-corrected chi connectivity index (χ3v) is 14.9. The third kappa shape index (κ3) is 19.9. The molecule has 0 aromatic carbocycles. The number of nitrogens with two attached hydrogens (primary N) is 1. The van der Waals surface area contributed by atoms with Gasteiger partial charge in [0.25, 0.3) is 41.4 Å². The van der Waals surface area contributed by atoms with Crippen LogP contribution >= 0.6 is 0 Å². The predicted molar refractivity (Wildman–Crippen MR) is 361 cm³/mol. The number of aliphatic imine (C=N–C) groups is 1. The predicted octanol–water partition coefficient (Wildman–Crippen LogP) is 1.78. The average Bonchev–Trinajstić information content (AvgIpc) is 1.73. The number of carbonyl (C=O) groups is 10. The number of rotatable bonds is 31. The van der Waals surface area contributed by atoms with Crippen molar-refractivity contribution in [3.05, 3.63) is 114 Å². The Morgan fingerprint density at radius 2 is 0.781 bits per heavy atom. The molecule has 0 unspecified atom stereocenters. The maximum Gasteiger partial charge on any atom is 0.291 e. The van der Waals surface area contributed by atoms with Crippen molar-refractivity contribution in [1.29, 1.82) is 0 Å². The van der Waals surface area contributed by atoms with Crippen LogP contribution in [0, 0.1) is 0 Å². The van der Waals surface area contributed by atoms with E-state index in [9.17, 15) is 47.9 Å². The highest BCUT2D eigenvalue weighted by Gasteiger charge is 2.24. The Bertz CT molecular complexity index is 4020. The van der Waals surface area contributed by atoms with Crippen LogP contribution in [0.2, 0.25) is 0 Å². The van der Waals surface area contributed by atoms with Crippen LogP contribution < -0.4 is 58.9 Å². The summed E-state index contributed by atoms with van der Waals surface area (Å²) in [7, 11) is 20.9. The molecule has 12 N–H and O–H groups in total. The number of aryl methyl sites for hydroxylation is 7. The van der Waals surface area contributed by atoms with Crippen LogP contribution in [0.15, 0.2) is 78.7 Å². The fourth-order valence-corrected chi connectivity index (χ4v) is 10.1. The summed E-state index contributed by atoms with van der Waals surface area (Å²) >= 11 is 0. The maximum absolute atomic E-state index is 13.5. The Morgan fingerprint density at radius 3 is 1.27 bits per heavy atom.